The van der Waals surface area contributed by atoms with Gasteiger partial charge in [0.25, 0.3) is 5.91 Å². The molecule has 0 saturated heterocycles. The van der Waals surface area contributed by atoms with Gasteiger partial charge in [-0.05, 0) is 72.7 Å². The number of carbonyl (C=O) groups excluding carboxylic acids is 1. The molecule has 1 amide bonds. The number of aromatic nitrogens is 4. The Morgan fingerprint density at radius 1 is 1.21 bits per heavy atom. The van der Waals surface area contributed by atoms with Gasteiger partial charge in [-0.15, -0.1) is 5.10 Å². The zero-order valence-corrected chi connectivity index (χ0v) is 16.5. The van der Waals surface area contributed by atoms with Crippen LogP contribution in [0.25, 0.3) is 11.4 Å². The molecule has 1 unspecified atom stereocenters. The van der Waals surface area contributed by atoms with Gasteiger partial charge in [-0.1, -0.05) is 23.2 Å². The van der Waals surface area contributed by atoms with Crippen molar-refractivity contribution in [3.05, 3.63) is 52.5 Å². The number of ether oxygens (including phenoxy) is 1. The van der Waals surface area contributed by atoms with Crippen LogP contribution in [0.3, 0.4) is 0 Å². The zero-order chi connectivity index (χ0) is 19.7. The summed E-state index contributed by atoms with van der Waals surface area (Å²) < 4.78 is 7.48. The van der Waals surface area contributed by atoms with Crippen molar-refractivity contribution in [1.82, 2.24) is 20.2 Å². The number of amides is 1. The second-order valence-electron chi connectivity index (χ2n) is 6.58. The molecule has 28 heavy (non-hydrogen) atoms. The number of carbonyl (C=O) groups is 1. The van der Waals surface area contributed by atoms with E-state index in [4.69, 9.17) is 27.9 Å². The molecule has 1 atom stereocenters. The fourth-order valence-electron chi connectivity index (χ4n) is 2.71. The molecule has 1 N–H and O–H groups in total. The van der Waals surface area contributed by atoms with Crippen LogP contribution in [0.2, 0.25) is 10.0 Å². The van der Waals surface area contributed by atoms with Gasteiger partial charge in [-0.2, -0.15) is 0 Å². The van der Waals surface area contributed by atoms with Gasteiger partial charge in [0.1, 0.15) is 5.75 Å². The Morgan fingerprint density at radius 2 is 1.96 bits per heavy atom. The fourth-order valence-corrected chi connectivity index (χ4v) is 3.16. The molecule has 1 saturated carbocycles. The van der Waals surface area contributed by atoms with Crippen LogP contribution < -0.4 is 10.1 Å². The molecule has 1 aromatic heterocycles. The molecule has 1 aliphatic rings. The standard InChI is InChI=1S/C19H17Cl2N5O2/c1-11(28-17-9-4-13(20)10-16(17)21)19(27)22-14-5-2-12(3-6-14)18-23-24-25-26(18)15-7-8-15/h2-6,9-11,15H,7-8H2,1H3,(H,22,27). The van der Waals surface area contributed by atoms with Crippen LogP contribution in [0.4, 0.5) is 5.69 Å². The lowest BCUT2D eigenvalue weighted by atomic mass is 10.2. The first kappa shape index (κ1) is 18.7. The van der Waals surface area contributed by atoms with Crippen molar-refractivity contribution in [2.75, 3.05) is 5.32 Å². The molecule has 144 valence electrons. The number of hydrogen-bond donors (Lipinski definition) is 1. The quantitative estimate of drug-likeness (QED) is 0.642. The zero-order valence-electron chi connectivity index (χ0n) is 15.0. The van der Waals surface area contributed by atoms with Crippen molar-refractivity contribution in [3.63, 3.8) is 0 Å². The third kappa shape index (κ3) is 4.10. The molecule has 0 bridgehead atoms. The first-order chi connectivity index (χ1) is 13.5. The number of tetrazole rings is 1. The van der Waals surface area contributed by atoms with E-state index in [1.807, 2.05) is 16.8 Å². The maximum absolute atomic E-state index is 12.4. The Labute approximate surface area is 171 Å². The van der Waals surface area contributed by atoms with Crippen molar-refractivity contribution >= 4 is 34.8 Å². The van der Waals surface area contributed by atoms with E-state index in [0.29, 0.717) is 27.5 Å². The molecule has 1 fully saturated rings. The Morgan fingerprint density at radius 3 is 2.64 bits per heavy atom. The van der Waals surface area contributed by atoms with Crippen molar-refractivity contribution in [2.45, 2.75) is 31.9 Å². The third-order valence-corrected chi connectivity index (χ3v) is 4.89. The van der Waals surface area contributed by atoms with Crippen LogP contribution in [-0.2, 0) is 4.79 Å². The number of nitrogens with zero attached hydrogens (tertiary/aromatic N) is 4. The molecule has 0 spiro atoms. The fraction of sp³-hybridized carbons (Fsp3) is 0.263. The van der Waals surface area contributed by atoms with Crippen LogP contribution in [0, 0.1) is 0 Å². The highest BCUT2D eigenvalue weighted by molar-refractivity contribution is 6.35. The first-order valence-electron chi connectivity index (χ1n) is 8.82. The monoisotopic (exact) mass is 417 g/mol. The molecule has 0 radical (unpaired) electrons. The van der Waals surface area contributed by atoms with Crippen LogP contribution in [0.1, 0.15) is 25.8 Å². The number of nitrogens with one attached hydrogen (secondary N) is 1. The minimum absolute atomic E-state index is 0.290. The van der Waals surface area contributed by atoms with Crippen LogP contribution in [0.15, 0.2) is 42.5 Å². The number of benzene rings is 2. The second kappa shape index (κ2) is 7.77. The lowest BCUT2D eigenvalue weighted by Crippen LogP contribution is -2.30. The molecule has 7 nitrogen and oxygen atoms in total. The molecule has 3 aromatic rings. The van der Waals surface area contributed by atoms with Crippen LogP contribution >= 0.6 is 23.2 Å². The summed E-state index contributed by atoms with van der Waals surface area (Å²) in [5.74, 6) is 0.840. The van der Waals surface area contributed by atoms with E-state index in [-0.39, 0.29) is 5.91 Å². The number of rotatable bonds is 6. The van der Waals surface area contributed by atoms with Gasteiger partial charge in [-0.25, -0.2) is 4.68 Å². The van der Waals surface area contributed by atoms with Crippen molar-refractivity contribution in [3.8, 4) is 17.1 Å². The first-order valence-corrected chi connectivity index (χ1v) is 9.58. The molecule has 4 rings (SSSR count). The van der Waals surface area contributed by atoms with E-state index >= 15 is 0 Å². The summed E-state index contributed by atoms with van der Waals surface area (Å²) in [6.45, 7) is 1.65. The summed E-state index contributed by atoms with van der Waals surface area (Å²) in [5, 5.41) is 15.6. The minimum atomic E-state index is -0.736. The Bertz CT molecular complexity index is 1000. The van der Waals surface area contributed by atoms with Crippen LogP contribution in [-0.4, -0.2) is 32.2 Å². The van der Waals surface area contributed by atoms with Crippen molar-refractivity contribution in [1.29, 1.82) is 0 Å². The minimum Gasteiger partial charge on any atom is -0.479 e. The predicted molar refractivity (Wildman–Crippen MR) is 107 cm³/mol. The SMILES string of the molecule is CC(Oc1ccc(Cl)cc1Cl)C(=O)Nc1ccc(-c2nnnn2C2CC2)cc1. The van der Waals surface area contributed by atoms with E-state index in [1.54, 1.807) is 37.3 Å². The van der Waals surface area contributed by atoms with E-state index in [1.165, 1.54) is 0 Å². The molecule has 1 heterocycles. The molecule has 9 heteroatoms. The van der Waals surface area contributed by atoms with Gasteiger partial charge in [0.05, 0.1) is 11.1 Å². The van der Waals surface area contributed by atoms with E-state index in [0.717, 1.165) is 24.2 Å². The van der Waals surface area contributed by atoms with Gasteiger partial charge in [0, 0.05) is 16.3 Å². The summed E-state index contributed by atoms with van der Waals surface area (Å²) >= 11 is 12.0. The van der Waals surface area contributed by atoms with Gasteiger partial charge >= 0.3 is 0 Å². The van der Waals surface area contributed by atoms with E-state index < -0.39 is 6.10 Å². The Balaban J connectivity index is 1.40. The molecular formula is C19H17Cl2N5O2. The lowest BCUT2D eigenvalue weighted by Gasteiger charge is -2.16. The normalized spacial score (nSPS) is 14.5. The highest BCUT2D eigenvalue weighted by Gasteiger charge is 2.28. The summed E-state index contributed by atoms with van der Waals surface area (Å²) in [4.78, 5) is 12.4. The summed E-state index contributed by atoms with van der Waals surface area (Å²) in [5.41, 5.74) is 1.55. The highest BCUT2D eigenvalue weighted by atomic mass is 35.5. The van der Waals surface area contributed by atoms with Crippen molar-refractivity contribution in [2.24, 2.45) is 0 Å². The average Bonchev–Trinajstić information content (AvgIpc) is 3.41. The maximum Gasteiger partial charge on any atom is 0.265 e. The molecule has 0 aliphatic heterocycles. The highest BCUT2D eigenvalue weighted by Crippen LogP contribution is 2.36. The maximum atomic E-state index is 12.4. The van der Waals surface area contributed by atoms with Crippen LogP contribution in [0.5, 0.6) is 5.75 Å². The smallest absolute Gasteiger partial charge is 0.265 e. The molecular weight excluding hydrogens is 401 g/mol. The number of halogens is 2. The summed E-state index contributed by atoms with van der Waals surface area (Å²) in [6.07, 6.45) is 1.46. The Kier molecular flexibility index (Phi) is 5.19. The second-order valence-corrected chi connectivity index (χ2v) is 7.42. The van der Waals surface area contributed by atoms with Gasteiger partial charge in [0.15, 0.2) is 11.9 Å². The molecule has 1 aliphatic carbocycles. The Hall–Kier alpha value is -2.64. The van der Waals surface area contributed by atoms with Crippen molar-refractivity contribution < 1.29 is 9.53 Å². The predicted octanol–water partition coefficient (Wildman–Crippen LogP) is 4.39. The summed E-state index contributed by atoms with van der Waals surface area (Å²) in [6, 6.07) is 12.6. The van der Waals surface area contributed by atoms with E-state index in [9.17, 15) is 4.79 Å². The van der Waals surface area contributed by atoms with Gasteiger partial charge < -0.3 is 10.1 Å². The van der Waals surface area contributed by atoms with Gasteiger partial charge in [0.2, 0.25) is 0 Å². The van der Waals surface area contributed by atoms with Gasteiger partial charge in [-0.3, -0.25) is 4.79 Å². The lowest BCUT2D eigenvalue weighted by molar-refractivity contribution is -0.122. The third-order valence-electron chi connectivity index (χ3n) is 4.36. The van der Waals surface area contributed by atoms with E-state index in [2.05, 4.69) is 20.8 Å². The number of anilines is 1. The molecule has 2 aromatic carbocycles. The largest absolute Gasteiger partial charge is 0.479 e. The number of hydrogen-bond acceptors (Lipinski definition) is 5. The average molecular weight is 418 g/mol. The topological polar surface area (TPSA) is 81.9 Å². The summed E-state index contributed by atoms with van der Waals surface area (Å²) in [7, 11) is 0.